The highest BCUT2D eigenvalue weighted by molar-refractivity contribution is 7.90. The highest BCUT2D eigenvalue weighted by Gasteiger charge is 2.12. The van der Waals surface area contributed by atoms with Crippen molar-refractivity contribution in [1.82, 2.24) is 4.98 Å². The Bertz CT molecular complexity index is 344. The van der Waals surface area contributed by atoms with Gasteiger partial charge in [-0.1, -0.05) is 0 Å². The molecule has 0 radical (unpaired) electrons. The van der Waals surface area contributed by atoms with Crippen LogP contribution in [0.2, 0.25) is 0 Å². The van der Waals surface area contributed by atoms with Crippen LogP contribution in [0.5, 0.6) is 0 Å². The SMILES string of the molecule is CS(=O)(=O)CCC(O)c1nccs1. The zero-order valence-corrected chi connectivity index (χ0v) is 8.81. The van der Waals surface area contributed by atoms with Crippen molar-refractivity contribution in [1.29, 1.82) is 0 Å². The first-order chi connectivity index (χ1) is 5.99. The molecule has 0 aliphatic carbocycles. The van der Waals surface area contributed by atoms with E-state index in [1.54, 1.807) is 11.6 Å². The molecular weight excluding hydrogens is 210 g/mol. The monoisotopic (exact) mass is 221 g/mol. The molecule has 0 bridgehead atoms. The Morgan fingerprint density at radius 1 is 1.69 bits per heavy atom. The molecule has 0 saturated heterocycles. The third-order valence-corrected chi connectivity index (χ3v) is 3.35. The smallest absolute Gasteiger partial charge is 0.147 e. The minimum absolute atomic E-state index is 0.00620. The zero-order valence-electron chi connectivity index (χ0n) is 7.17. The third-order valence-electron chi connectivity index (χ3n) is 1.50. The Morgan fingerprint density at radius 2 is 2.38 bits per heavy atom. The molecule has 13 heavy (non-hydrogen) atoms. The lowest BCUT2D eigenvalue weighted by Crippen LogP contribution is -2.08. The predicted octanol–water partition coefficient (Wildman–Crippen LogP) is 0.611. The Hall–Kier alpha value is -0.460. The maximum Gasteiger partial charge on any atom is 0.147 e. The number of hydrogen-bond donors (Lipinski definition) is 1. The van der Waals surface area contributed by atoms with Crippen molar-refractivity contribution in [2.75, 3.05) is 12.0 Å². The van der Waals surface area contributed by atoms with Crippen LogP contribution < -0.4 is 0 Å². The Morgan fingerprint density at radius 3 is 2.85 bits per heavy atom. The molecular formula is C7H11NO3S2. The van der Waals surface area contributed by atoms with E-state index in [1.165, 1.54) is 11.3 Å². The third kappa shape index (κ3) is 3.84. The molecule has 4 nitrogen and oxygen atoms in total. The molecule has 0 amide bonds. The van der Waals surface area contributed by atoms with Crippen LogP contribution in [-0.2, 0) is 9.84 Å². The minimum Gasteiger partial charge on any atom is -0.386 e. The van der Waals surface area contributed by atoms with Crippen LogP contribution >= 0.6 is 11.3 Å². The van der Waals surface area contributed by atoms with Crippen LogP contribution in [0, 0.1) is 0 Å². The molecule has 0 spiro atoms. The first kappa shape index (κ1) is 10.6. The molecule has 0 fully saturated rings. The van der Waals surface area contributed by atoms with Gasteiger partial charge in [-0.05, 0) is 6.42 Å². The number of nitrogens with zero attached hydrogens (tertiary/aromatic N) is 1. The Balaban J connectivity index is 2.48. The molecule has 0 aromatic carbocycles. The van der Waals surface area contributed by atoms with Gasteiger partial charge in [0.1, 0.15) is 20.9 Å². The van der Waals surface area contributed by atoms with E-state index in [9.17, 15) is 13.5 Å². The largest absolute Gasteiger partial charge is 0.386 e. The second kappa shape index (κ2) is 4.17. The lowest BCUT2D eigenvalue weighted by Gasteiger charge is -2.05. The van der Waals surface area contributed by atoms with Crippen molar-refractivity contribution in [2.45, 2.75) is 12.5 Å². The molecule has 74 valence electrons. The van der Waals surface area contributed by atoms with Crippen molar-refractivity contribution in [3.63, 3.8) is 0 Å². The summed E-state index contributed by atoms with van der Waals surface area (Å²) in [5.41, 5.74) is 0. The van der Waals surface area contributed by atoms with E-state index < -0.39 is 15.9 Å². The number of aromatic nitrogens is 1. The molecule has 1 aromatic heterocycles. The van der Waals surface area contributed by atoms with E-state index in [2.05, 4.69) is 4.98 Å². The fourth-order valence-electron chi connectivity index (χ4n) is 0.848. The number of rotatable bonds is 4. The standard InChI is InChI=1S/C7H11NO3S2/c1-13(10,11)5-2-6(9)7-8-3-4-12-7/h3-4,6,9H,2,5H2,1H3. The average molecular weight is 221 g/mol. The van der Waals surface area contributed by atoms with E-state index in [-0.39, 0.29) is 12.2 Å². The van der Waals surface area contributed by atoms with Gasteiger partial charge in [0.05, 0.1) is 5.75 Å². The summed E-state index contributed by atoms with van der Waals surface area (Å²) in [4.78, 5) is 3.89. The van der Waals surface area contributed by atoms with Crippen LogP contribution in [0.3, 0.4) is 0 Å². The molecule has 1 heterocycles. The van der Waals surface area contributed by atoms with E-state index in [4.69, 9.17) is 0 Å². The van der Waals surface area contributed by atoms with Gasteiger partial charge in [-0.2, -0.15) is 0 Å². The second-order valence-electron chi connectivity index (χ2n) is 2.80. The lowest BCUT2D eigenvalue weighted by atomic mass is 10.3. The maximum atomic E-state index is 10.8. The highest BCUT2D eigenvalue weighted by Crippen LogP contribution is 2.18. The van der Waals surface area contributed by atoms with Crippen LogP contribution in [0.1, 0.15) is 17.5 Å². The number of aliphatic hydroxyl groups excluding tert-OH is 1. The minimum atomic E-state index is -2.99. The Labute approximate surface area is 81.2 Å². The molecule has 0 saturated carbocycles. The van der Waals surface area contributed by atoms with Crippen molar-refractivity contribution in [3.8, 4) is 0 Å². The quantitative estimate of drug-likeness (QED) is 0.809. The summed E-state index contributed by atoms with van der Waals surface area (Å²) in [5.74, 6) is -0.00620. The molecule has 1 rings (SSSR count). The number of sulfone groups is 1. The van der Waals surface area contributed by atoms with E-state index in [0.717, 1.165) is 6.26 Å². The summed E-state index contributed by atoms with van der Waals surface area (Å²) in [6.45, 7) is 0. The van der Waals surface area contributed by atoms with Gasteiger partial charge in [0, 0.05) is 17.8 Å². The van der Waals surface area contributed by atoms with Gasteiger partial charge in [0.2, 0.25) is 0 Å². The van der Waals surface area contributed by atoms with Gasteiger partial charge >= 0.3 is 0 Å². The van der Waals surface area contributed by atoms with Gasteiger partial charge in [-0.25, -0.2) is 13.4 Å². The molecule has 1 N–H and O–H groups in total. The van der Waals surface area contributed by atoms with Crippen molar-refractivity contribution < 1.29 is 13.5 Å². The maximum absolute atomic E-state index is 10.8. The van der Waals surface area contributed by atoms with Gasteiger partial charge in [-0.15, -0.1) is 11.3 Å². The van der Waals surface area contributed by atoms with E-state index in [1.807, 2.05) is 0 Å². The summed E-state index contributed by atoms with van der Waals surface area (Å²) in [6, 6.07) is 0. The van der Waals surface area contributed by atoms with Crippen molar-refractivity contribution in [2.24, 2.45) is 0 Å². The van der Waals surface area contributed by atoms with Crippen molar-refractivity contribution in [3.05, 3.63) is 16.6 Å². The van der Waals surface area contributed by atoms with Crippen LogP contribution in [-0.4, -0.2) is 30.5 Å². The predicted molar refractivity (Wildman–Crippen MR) is 51.4 cm³/mol. The summed E-state index contributed by atoms with van der Waals surface area (Å²) >= 11 is 1.33. The lowest BCUT2D eigenvalue weighted by molar-refractivity contribution is 0.174. The second-order valence-corrected chi connectivity index (χ2v) is 5.99. The van der Waals surface area contributed by atoms with Gasteiger partial charge in [0.15, 0.2) is 0 Å². The van der Waals surface area contributed by atoms with E-state index >= 15 is 0 Å². The van der Waals surface area contributed by atoms with Gasteiger partial charge in [-0.3, -0.25) is 0 Å². The first-order valence-corrected chi connectivity index (χ1v) is 6.68. The summed E-state index contributed by atoms with van der Waals surface area (Å²) in [7, 11) is -2.99. The zero-order chi connectivity index (χ0) is 9.90. The van der Waals surface area contributed by atoms with E-state index in [0.29, 0.717) is 5.01 Å². The topological polar surface area (TPSA) is 67.3 Å². The van der Waals surface area contributed by atoms with Gasteiger partial charge < -0.3 is 5.11 Å². The Kier molecular flexibility index (Phi) is 3.40. The fraction of sp³-hybridized carbons (Fsp3) is 0.571. The average Bonchev–Trinajstić information content (AvgIpc) is 2.50. The summed E-state index contributed by atoms with van der Waals surface area (Å²) in [5, 5.41) is 11.8. The first-order valence-electron chi connectivity index (χ1n) is 3.74. The number of aliphatic hydroxyl groups is 1. The number of hydrogen-bond acceptors (Lipinski definition) is 5. The fourth-order valence-corrected chi connectivity index (χ4v) is 2.16. The molecule has 6 heteroatoms. The van der Waals surface area contributed by atoms with Crippen LogP contribution in [0.4, 0.5) is 0 Å². The molecule has 0 aliphatic rings. The normalized spacial score (nSPS) is 14.3. The van der Waals surface area contributed by atoms with Crippen LogP contribution in [0.25, 0.3) is 0 Å². The number of thiazole rings is 1. The molecule has 1 aromatic rings. The van der Waals surface area contributed by atoms with Gasteiger partial charge in [0.25, 0.3) is 0 Å². The molecule has 1 atom stereocenters. The van der Waals surface area contributed by atoms with Crippen molar-refractivity contribution >= 4 is 21.2 Å². The highest BCUT2D eigenvalue weighted by atomic mass is 32.2. The summed E-state index contributed by atoms with van der Waals surface area (Å²) < 4.78 is 21.6. The van der Waals surface area contributed by atoms with Crippen LogP contribution in [0.15, 0.2) is 11.6 Å². The molecule has 0 aliphatic heterocycles. The summed E-state index contributed by atoms with van der Waals surface area (Å²) in [6.07, 6.45) is 2.20. The molecule has 1 unspecified atom stereocenters.